The largest absolute Gasteiger partial charge is 0.319 e. The monoisotopic (exact) mass is 429 g/mol. The molecule has 9 nitrogen and oxygen atoms in total. The second kappa shape index (κ2) is 7.16. The first-order chi connectivity index (χ1) is 13.8. The van der Waals surface area contributed by atoms with E-state index in [1.807, 2.05) is 6.07 Å². The molecule has 4 aromatic rings. The van der Waals surface area contributed by atoms with E-state index in [2.05, 4.69) is 20.1 Å². The quantitative estimate of drug-likeness (QED) is 0.470. The van der Waals surface area contributed by atoms with E-state index < -0.39 is 16.1 Å². The second-order valence-electron chi connectivity index (χ2n) is 6.38. The molecule has 3 aromatic heterocycles. The Hall–Kier alpha value is -2.92. The Morgan fingerprint density at radius 1 is 1.14 bits per heavy atom. The third-order valence-corrected chi connectivity index (χ3v) is 5.58. The average molecular weight is 430 g/mol. The summed E-state index contributed by atoms with van der Waals surface area (Å²) in [6.07, 6.45) is 3.36. The molecule has 0 spiro atoms. The van der Waals surface area contributed by atoms with Gasteiger partial charge in [-0.05, 0) is 41.4 Å². The molecule has 1 aromatic carbocycles. The van der Waals surface area contributed by atoms with E-state index in [0.717, 1.165) is 5.56 Å². The number of aromatic nitrogens is 5. The van der Waals surface area contributed by atoms with Gasteiger partial charge >= 0.3 is 0 Å². The number of benzene rings is 1. The summed E-state index contributed by atoms with van der Waals surface area (Å²) in [7, 11) is -2.05. The van der Waals surface area contributed by atoms with Gasteiger partial charge in [-0.15, -0.1) is 0 Å². The summed E-state index contributed by atoms with van der Waals surface area (Å²) in [6, 6.07) is 8.95. The van der Waals surface area contributed by atoms with Crippen molar-refractivity contribution in [2.45, 2.75) is 10.9 Å². The van der Waals surface area contributed by atoms with E-state index in [9.17, 15) is 8.42 Å². The Morgan fingerprint density at radius 3 is 2.48 bits per heavy atom. The number of sulfonamides is 1. The molecule has 0 aliphatic rings. The molecule has 3 heterocycles. The molecule has 1 atom stereocenters. The molecule has 29 heavy (non-hydrogen) atoms. The maximum atomic E-state index is 11.5. The lowest BCUT2D eigenvalue weighted by Crippen LogP contribution is -2.16. The highest BCUT2D eigenvalue weighted by Gasteiger charge is 2.23. The van der Waals surface area contributed by atoms with Gasteiger partial charge in [0.1, 0.15) is 5.69 Å². The Kier molecular flexibility index (Phi) is 4.79. The number of nitrogens with zero attached hydrogens (tertiary/aromatic N) is 5. The smallest absolute Gasteiger partial charge is 0.238 e. The van der Waals surface area contributed by atoms with Gasteiger partial charge in [-0.1, -0.05) is 12.1 Å². The molecule has 4 N–H and O–H groups in total. The van der Waals surface area contributed by atoms with Crippen LogP contribution in [0.25, 0.3) is 22.3 Å². The molecule has 0 saturated heterocycles. The zero-order chi connectivity index (χ0) is 20.8. The molecule has 4 rings (SSSR count). The molecular formula is C18H16ClN7O2S. The van der Waals surface area contributed by atoms with Crippen molar-refractivity contribution in [3.05, 3.63) is 65.3 Å². The minimum atomic E-state index is -3.80. The topological polar surface area (TPSA) is 143 Å². The predicted molar refractivity (Wildman–Crippen MR) is 108 cm³/mol. The van der Waals surface area contributed by atoms with Gasteiger partial charge in [0.25, 0.3) is 0 Å². The number of pyridine rings is 1. The summed E-state index contributed by atoms with van der Waals surface area (Å²) in [5, 5.41) is 10.4. The Morgan fingerprint density at radius 2 is 1.86 bits per heavy atom. The van der Waals surface area contributed by atoms with Gasteiger partial charge in [0.05, 0.1) is 22.0 Å². The van der Waals surface area contributed by atoms with E-state index in [-0.39, 0.29) is 10.2 Å². The molecule has 0 aliphatic carbocycles. The molecule has 11 heteroatoms. The van der Waals surface area contributed by atoms with Crippen LogP contribution < -0.4 is 10.9 Å². The first kappa shape index (κ1) is 19.4. The first-order valence-corrected chi connectivity index (χ1v) is 10.4. The van der Waals surface area contributed by atoms with Crippen molar-refractivity contribution in [2.75, 3.05) is 0 Å². The molecular weight excluding hydrogens is 414 g/mol. The predicted octanol–water partition coefficient (Wildman–Crippen LogP) is 1.77. The van der Waals surface area contributed by atoms with Crippen LogP contribution in [0.15, 0.2) is 53.7 Å². The van der Waals surface area contributed by atoms with Gasteiger partial charge in [0.2, 0.25) is 15.3 Å². The average Bonchev–Trinajstić information content (AvgIpc) is 3.03. The van der Waals surface area contributed by atoms with E-state index in [4.69, 9.17) is 22.5 Å². The summed E-state index contributed by atoms with van der Waals surface area (Å²) in [5.41, 5.74) is 9.51. The number of nitrogens with two attached hydrogens (primary N) is 2. The maximum Gasteiger partial charge on any atom is 0.238 e. The summed E-state index contributed by atoms with van der Waals surface area (Å²) in [4.78, 5) is 12.8. The van der Waals surface area contributed by atoms with Crippen LogP contribution in [0.4, 0.5) is 0 Å². The molecule has 148 valence electrons. The van der Waals surface area contributed by atoms with E-state index in [1.54, 1.807) is 42.3 Å². The van der Waals surface area contributed by atoms with Crippen molar-refractivity contribution < 1.29 is 8.42 Å². The fourth-order valence-electron chi connectivity index (χ4n) is 3.10. The number of hydrogen-bond donors (Lipinski definition) is 2. The molecule has 0 radical (unpaired) electrons. The van der Waals surface area contributed by atoms with E-state index >= 15 is 0 Å². The van der Waals surface area contributed by atoms with Gasteiger partial charge < -0.3 is 5.73 Å². The standard InChI is InChI=1S/C18H16ClN7O2S/c1-26-17-13(15(25-26)11-3-2-8-22-9-11)16(23-18(19)24-17)14(20)10-4-6-12(7-5-10)29(21,27)28/h2-9,14H,20H2,1H3,(H2,21,27,28). The Labute approximate surface area is 171 Å². The second-order valence-corrected chi connectivity index (χ2v) is 8.28. The Bertz CT molecular complexity index is 1310. The lowest BCUT2D eigenvalue weighted by molar-refractivity contribution is 0.597. The summed E-state index contributed by atoms with van der Waals surface area (Å²) < 4.78 is 24.6. The third-order valence-electron chi connectivity index (χ3n) is 4.48. The highest BCUT2D eigenvalue weighted by atomic mass is 35.5. The molecule has 0 bridgehead atoms. The highest BCUT2D eigenvalue weighted by molar-refractivity contribution is 7.89. The summed E-state index contributed by atoms with van der Waals surface area (Å²) >= 11 is 6.14. The number of rotatable bonds is 4. The maximum absolute atomic E-state index is 11.5. The minimum absolute atomic E-state index is 0.00302. The zero-order valence-electron chi connectivity index (χ0n) is 15.2. The van der Waals surface area contributed by atoms with Crippen LogP contribution in [0.1, 0.15) is 17.3 Å². The highest BCUT2D eigenvalue weighted by Crippen LogP contribution is 2.33. The van der Waals surface area contributed by atoms with Crippen LogP contribution in [0.3, 0.4) is 0 Å². The van der Waals surface area contributed by atoms with Crippen LogP contribution in [0.2, 0.25) is 5.28 Å². The number of aryl methyl sites for hydroxylation is 1. The Balaban J connectivity index is 1.91. The number of hydrogen-bond acceptors (Lipinski definition) is 7. The van der Waals surface area contributed by atoms with Crippen LogP contribution in [-0.4, -0.2) is 33.2 Å². The molecule has 0 amide bonds. The van der Waals surface area contributed by atoms with Gasteiger partial charge in [-0.2, -0.15) is 10.1 Å². The fraction of sp³-hybridized carbons (Fsp3) is 0.111. The van der Waals surface area contributed by atoms with Crippen LogP contribution in [0.5, 0.6) is 0 Å². The number of fused-ring (bicyclic) bond motifs is 1. The van der Waals surface area contributed by atoms with Crippen molar-refractivity contribution in [3.63, 3.8) is 0 Å². The van der Waals surface area contributed by atoms with Crippen molar-refractivity contribution in [1.29, 1.82) is 0 Å². The van der Waals surface area contributed by atoms with Crippen molar-refractivity contribution in [3.8, 4) is 11.3 Å². The van der Waals surface area contributed by atoms with Gasteiger partial charge in [-0.3, -0.25) is 4.98 Å². The summed E-state index contributed by atoms with van der Waals surface area (Å²) in [6.45, 7) is 0. The first-order valence-electron chi connectivity index (χ1n) is 8.44. The zero-order valence-corrected chi connectivity index (χ0v) is 16.8. The lowest BCUT2D eigenvalue weighted by Gasteiger charge is -2.14. The third kappa shape index (κ3) is 3.58. The van der Waals surface area contributed by atoms with Crippen LogP contribution >= 0.6 is 11.6 Å². The molecule has 0 fully saturated rings. The molecule has 0 aliphatic heterocycles. The van der Waals surface area contributed by atoms with E-state index in [0.29, 0.717) is 28.0 Å². The number of primary sulfonamides is 1. The summed E-state index contributed by atoms with van der Waals surface area (Å²) in [5.74, 6) is 0. The van der Waals surface area contributed by atoms with Gasteiger partial charge in [0, 0.05) is 25.0 Å². The molecule has 0 saturated carbocycles. The van der Waals surface area contributed by atoms with E-state index in [1.165, 1.54) is 12.1 Å². The van der Waals surface area contributed by atoms with Crippen molar-refractivity contribution in [2.24, 2.45) is 17.9 Å². The SMILES string of the molecule is Cn1nc(-c2cccnc2)c2c(C(N)c3ccc(S(N)(=O)=O)cc3)nc(Cl)nc21. The van der Waals surface area contributed by atoms with Crippen LogP contribution in [0, 0.1) is 0 Å². The molecule has 1 unspecified atom stereocenters. The normalized spacial score (nSPS) is 13.0. The van der Waals surface area contributed by atoms with Gasteiger partial charge in [0.15, 0.2) is 5.65 Å². The fourth-order valence-corrected chi connectivity index (χ4v) is 3.79. The lowest BCUT2D eigenvalue weighted by atomic mass is 10.00. The van der Waals surface area contributed by atoms with Crippen molar-refractivity contribution in [1.82, 2.24) is 24.7 Å². The van der Waals surface area contributed by atoms with Crippen molar-refractivity contribution >= 4 is 32.7 Å². The minimum Gasteiger partial charge on any atom is -0.319 e. The van der Waals surface area contributed by atoms with Gasteiger partial charge in [-0.25, -0.2) is 23.2 Å². The van der Waals surface area contributed by atoms with Crippen LogP contribution in [-0.2, 0) is 17.1 Å². The number of halogens is 1.